The third-order valence-electron chi connectivity index (χ3n) is 3.18. The van der Waals surface area contributed by atoms with Gasteiger partial charge in [-0.05, 0) is 30.0 Å². The first-order chi connectivity index (χ1) is 8.04. The van der Waals surface area contributed by atoms with Crippen molar-refractivity contribution in [3.63, 3.8) is 0 Å². The summed E-state index contributed by atoms with van der Waals surface area (Å²) in [5.41, 5.74) is 7.33. The Bertz CT molecular complexity index is 387. The quantitative estimate of drug-likeness (QED) is 0.907. The van der Waals surface area contributed by atoms with Gasteiger partial charge in [0.1, 0.15) is 0 Å². The summed E-state index contributed by atoms with van der Waals surface area (Å²) in [6, 6.07) is 6.28. The van der Waals surface area contributed by atoms with Crippen LogP contribution in [0.4, 0.5) is 0 Å². The van der Waals surface area contributed by atoms with Crippen LogP contribution in [-0.4, -0.2) is 24.0 Å². The fourth-order valence-electron chi connectivity index (χ4n) is 2.53. The van der Waals surface area contributed by atoms with E-state index in [4.69, 9.17) is 17.3 Å². The van der Waals surface area contributed by atoms with E-state index < -0.39 is 0 Å². The van der Waals surface area contributed by atoms with Crippen molar-refractivity contribution < 1.29 is 0 Å². The van der Waals surface area contributed by atoms with Crippen molar-refractivity contribution in [2.75, 3.05) is 13.1 Å². The van der Waals surface area contributed by atoms with Crippen LogP contribution in [0.5, 0.6) is 0 Å². The lowest BCUT2D eigenvalue weighted by Gasteiger charge is -2.34. The van der Waals surface area contributed by atoms with E-state index in [9.17, 15) is 0 Å². The summed E-state index contributed by atoms with van der Waals surface area (Å²) < 4.78 is 1.08. The van der Waals surface area contributed by atoms with Crippen LogP contribution in [0.1, 0.15) is 18.9 Å². The maximum Gasteiger partial charge on any atom is 0.0417 e. The first-order valence-electron chi connectivity index (χ1n) is 5.96. The van der Waals surface area contributed by atoms with Crippen LogP contribution in [0.2, 0.25) is 5.02 Å². The van der Waals surface area contributed by atoms with Gasteiger partial charge in [0.05, 0.1) is 0 Å². The van der Waals surface area contributed by atoms with Gasteiger partial charge in [0.15, 0.2) is 0 Å². The molecule has 1 fully saturated rings. The standard InChI is InChI=1S/C13H18BrClN2/c1-9-4-12(16)8-17(6-9)7-10-2-3-11(15)5-13(10)14/h2-3,5,9,12H,4,6-8,16H2,1H3. The molecule has 1 aromatic rings. The second kappa shape index (κ2) is 5.70. The Kier molecular flexibility index (Phi) is 4.47. The molecule has 0 aromatic heterocycles. The maximum atomic E-state index is 6.06. The highest BCUT2D eigenvalue weighted by molar-refractivity contribution is 9.10. The fraction of sp³-hybridized carbons (Fsp3) is 0.538. The van der Waals surface area contributed by atoms with Crippen molar-refractivity contribution in [3.05, 3.63) is 33.3 Å². The van der Waals surface area contributed by atoms with E-state index in [0.717, 1.165) is 35.6 Å². The van der Waals surface area contributed by atoms with Gasteiger partial charge in [0.25, 0.3) is 0 Å². The zero-order chi connectivity index (χ0) is 12.4. The average molecular weight is 318 g/mol. The van der Waals surface area contributed by atoms with Crippen LogP contribution >= 0.6 is 27.5 Å². The summed E-state index contributed by atoms with van der Waals surface area (Å²) in [7, 11) is 0. The number of hydrogen-bond acceptors (Lipinski definition) is 2. The molecular formula is C13H18BrClN2. The Morgan fingerprint density at radius 2 is 2.24 bits per heavy atom. The summed E-state index contributed by atoms with van der Waals surface area (Å²) in [5.74, 6) is 0.685. The lowest BCUT2D eigenvalue weighted by molar-refractivity contribution is 0.158. The molecule has 2 rings (SSSR count). The Morgan fingerprint density at radius 3 is 2.88 bits per heavy atom. The van der Waals surface area contributed by atoms with E-state index in [1.54, 1.807) is 0 Å². The molecule has 17 heavy (non-hydrogen) atoms. The number of nitrogens with zero attached hydrogens (tertiary/aromatic N) is 1. The van der Waals surface area contributed by atoms with Gasteiger partial charge in [-0.15, -0.1) is 0 Å². The highest BCUT2D eigenvalue weighted by Crippen LogP contribution is 2.24. The molecule has 0 bridgehead atoms. The number of halogens is 2. The molecule has 0 aliphatic carbocycles. The van der Waals surface area contributed by atoms with E-state index >= 15 is 0 Å². The lowest BCUT2D eigenvalue weighted by Crippen LogP contribution is -2.45. The van der Waals surface area contributed by atoms with Crippen LogP contribution in [0, 0.1) is 5.92 Å². The minimum atomic E-state index is 0.310. The normalized spacial score (nSPS) is 26.1. The number of hydrogen-bond donors (Lipinski definition) is 1. The van der Waals surface area contributed by atoms with Gasteiger partial charge in [0.2, 0.25) is 0 Å². The highest BCUT2D eigenvalue weighted by atomic mass is 79.9. The number of rotatable bonds is 2. The van der Waals surface area contributed by atoms with Crippen molar-refractivity contribution >= 4 is 27.5 Å². The Balaban J connectivity index is 2.04. The van der Waals surface area contributed by atoms with E-state index in [2.05, 4.69) is 33.8 Å². The van der Waals surface area contributed by atoms with E-state index in [0.29, 0.717) is 12.0 Å². The molecule has 1 saturated heterocycles. The van der Waals surface area contributed by atoms with Gasteiger partial charge in [-0.3, -0.25) is 4.90 Å². The molecule has 2 nitrogen and oxygen atoms in total. The molecule has 2 atom stereocenters. The predicted octanol–water partition coefficient (Wildman–Crippen LogP) is 3.27. The van der Waals surface area contributed by atoms with Crippen molar-refractivity contribution in [2.45, 2.75) is 25.9 Å². The van der Waals surface area contributed by atoms with Crippen LogP contribution < -0.4 is 5.73 Å². The number of benzene rings is 1. The molecular weight excluding hydrogens is 300 g/mol. The molecule has 1 aliphatic rings. The van der Waals surface area contributed by atoms with E-state index in [-0.39, 0.29) is 0 Å². The molecule has 0 radical (unpaired) electrons. The van der Waals surface area contributed by atoms with Crippen molar-refractivity contribution in [1.82, 2.24) is 4.90 Å². The maximum absolute atomic E-state index is 6.06. The van der Waals surface area contributed by atoms with Crippen LogP contribution in [0.25, 0.3) is 0 Å². The Morgan fingerprint density at radius 1 is 1.47 bits per heavy atom. The molecule has 0 spiro atoms. The fourth-order valence-corrected chi connectivity index (χ4v) is 3.34. The topological polar surface area (TPSA) is 29.3 Å². The molecule has 1 aromatic carbocycles. The number of likely N-dealkylation sites (tertiary alicyclic amines) is 1. The molecule has 0 saturated carbocycles. The summed E-state index contributed by atoms with van der Waals surface area (Å²) in [4.78, 5) is 2.42. The van der Waals surface area contributed by atoms with Gasteiger partial charge in [-0.1, -0.05) is 40.5 Å². The van der Waals surface area contributed by atoms with Crippen molar-refractivity contribution in [1.29, 1.82) is 0 Å². The first kappa shape index (κ1) is 13.3. The van der Waals surface area contributed by atoms with Gasteiger partial charge in [-0.25, -0.2) is 0 Å². The molecule has 94 valence electrons. The summed E-state index contributed by atoms with van der Waals surface area (Å²) in [6.07, 6.45) is 1.14. The van der Waals surface area contributed by atoms with Crippen LogP contribution in [0.3, 0.4) is 0 Å². The first-order valence-corrected chi connectivity index (χ1v) is 7.13. The average Bonchev–Trinajstić information content (AvgIpc) is 2.21. The van der Waals surface area contributed by atoms with Gasteiger partial charge < -0.3 is 5.73 Å². The summed E-state index contributed by atoms with van der Waals surface area (Å²) >= 11 is 9.50. The predicted molar refractivity (Wildman–Crippen MR) is 76.2 cm³/mol. The van der Waals surface area contributed by atoms with Gasteiger partial charge in [0, 0.05) is 35.2 Å². The minimum absolute atomic E-state index is 0.310. The van der Waals surface area contributed by atoms with Crippen molar-refractivity contribution in [2.24, 2.45) is 11.7 Å². The SMILES string of the molecule is CC1CC(N)CN(Cc2ccc(Cl)cc2Br)C1. The largest absolute Gasteiger partial charge is 0.327 e. The third kappa shape index (κ3) is 3.68. The second-order valence-electron chi connectivity index (χ2n) is 5.03. The molecule has 1 heterocycles. The van der Waals surface area contributed by atoms with Crippen molar-refractivity contribution in [3.8, 4) is 0 Å². The second-order valence-corrected chi connectivity index (χ2v) is 6.32. The lowest BCUT2D eigenvalue weighted by atomic mass is 9.96. The number of nitrogens with two attached hydrogens (primary N) is 1. The summed E-state index contributed by atoms with van der Waals surface area (Å²) in [6.45, 7) is 5.32. The smallest absolute Gasteiger partial charge is 0.0417 e. The third-order valence-corrected chi connectivity index (χ3v) is 4.15. The van der Waals surface area contributed by atoms with Gasteiger partial charge in [-0.2, -0.15) is 0 Å². The van der Waals surface area contributed by atoms with Gasteiger partial charge >= 0.3 is 0 Å². The molecule has 1 aliphatic heterocycles. The highest BCUT2D eigenvalue weighted by Gasteiger charge is 2.22. The summed E-state index contributed by atoms with van der Waals surface area (Å²) in [5, 5.41) is 0.768. The molecule has 2 unspecified atom stereocenters. The molecule has 0 amide bonds. The van der Waals surface area contributed by atoms with Crippen LogP contribution in [0.15, 0.2) is 22.7 Å². The zero-order valence-electron chi connectivity index (χ0n) is 10.00. The number of piperidine rings is 1. The Labute approximate surface area is 116 Å². The van der Waals surface area contributed by atoms with E-state index in [1.165, 1.54) is 5.56 Å². The van der Waals surface area contributed by atoms with Crippen LogP contribution in [-0.2, 0) is 6.54 Å². The molecule has 2 N–H and O–H groups in total. The molecule has 4 heteroatoms. The van der Waals surface area contributed by atoms with E-state index in [1.807, 2.05) is 12.1 Å². The Hall–Kier alpha value is -0.0900. The minimum Gasteiger partial charge on any atom is -0.327 e. The monoisotopic (exact) mass is 316 g/mol. The zero-order valence-corrected chi connectivity index (χ0v) is 12.3.